The van der Waals surface area contributed by atoms with Gasteiger partial charge in [0.1, 0.15) is 5.76 Å². The molecule has 1 spiro atoms. The van der Waals surface area contributed by atoms with Crippen molar-refractivity contribution in [2.24, 2.45) is 17.8 Å². The first-order chi connectivity index (χ1) is 13.5. The largest absolute Gasteiger partial charge is 0.492 e. The second-order valence-corrected chi connectivity index (χ2v) is 9.42. The topological polar surface area (TPSA) is 57.2 Å². The van der Waals surface area contributed by atoms with E-state index in [1.54, 1.807) is 14.0 Å². The lowest BCUT2D eigenvalue weighted by Crippen LogP contribution is -2.61. The minimum absolute atomic E-state index is 0. The number of piperidine rings is 1. The second-order valence-electron chi connectivity index (χ2n) is 9.42. The maximum Gasteiger partial charge on any atom is 0.343 e. The quantitative estimate of drug-likeness (QED) is 0.587. The molecule has 6 aliphatic rings. The van der Waals surface area contributed by atoms with Crippen LogP contribution in [0.15, 0.2) is 22.9 Å². The van der Waals surface area contributed by atoms with E-state index in [0.717, 1.165) is 25.1 Å². The predicted molar refractivity (Wildman–Crippen MR) is 110 cm³/mol. The number of cyclic esters (lactones) is 1. The Morgan fingerprint density at radius 2 is 2.14 bits per heavy atom. The fourth-order valence-corrected chi connectivity index (χ4v) is 7.64. The number of hydrogen-bond donors (Lipinski definition) is 0. The summed E-state index contributed by atoms with van der Waals surface area (Å²) in [5, 5.41) is 0. The zero-order chi connectivity index (χ0) is 19.4. The number of carbonyl (C=O) groups excluding carboxylic acids is 1. The Labute approximate surface area is 182 Å². The summed E-state index contributed by atoms with van der Waals surface area (Å²) in [5.74, 6) is 1.64. The summed E-state index contributed by atoms with van der Waals surface area (Å²) in [4.78, 5) is 14.9. The number of nitrogens with zero attached hydrogens (tertiary/aromatic N) is 1. The van der Waals surface area contributed by atoms with Gasteiger partial charge >= 0.3 is 5.97 Å². The molecule has 5 bridgehead atoms. The Bertz CT molecular complexity index is 839. The average Bonchev–Trinajstić information content (AvgIpc) is 3.38. The Morgan fingerprint density at radius 1 is 1.34 bits per heavy atom. The van der Waals surface area contributed by atoms with Gasteiger partial charge in [-0.15, -0.1) is 17.0 Å². The highest BCUT2D eigenvalue weighted by atomic mass is 79.9. The SMILES string of the molecule is Br.CCCC[C@]12[C@@H]3C[C@H]4[C@H]5[C@H](C)/C(=C6\OC(=O)C(C)=C6OC)O[C@@]5(O3)[C@@H]1CCN42. The van der Waals surface area contributed by atoms with Crippen molar-refractivity contribution in [3.05, 3.63) is 22.9 Å². The first-order valence-electron chi connectivity index (χ1n) is 10.8. The fourth-order valence-electron chi connectivity index (χ4n) is 7.64. The van der Waals surface area contributed by atoms with E-state index in [-0.39, 0.29) is 46.4 Å². The van der Waals surface area contributed by atoms with Crippen molar-refractivity contribution in [3.8, 4) is 0 Å². The Kier molecular flexibility index (Phi) is 4.28. The van der Waals surface area contributed by atoms with E-state index in [0.29, 0.717) is 29.1 Å². The maximum absolute atomic E-state index is 12.2. The van der Waals surface area contributed by atoms with Gasteiger partial charge in [0.2, 0.25) is 11.5 Å². The number of unbranched alkanes of at least 4 members (excludes halogenated alkanes) is 1. The zero-order valence-corrected chi connectivity index (χ0v) is 19.2. The van der Waals surface area contributed by atoms with Crippen LogP contribution in [0.4, 0.5) is 0 Å². The van der Waals surface area contributed by atoms with Gasteiger partial charge in [0, 0.05) is 17.9 Å². The molecule has 8 atom stereocenters. The van der Waals surface area contributed by atoms with Crippen LogP contribution in [-0.4, -0.2) is 48.0 Å². The van der Waals surface area contributed by atoms with Gasteiger partial charge in [0.15, 0.2) is 5.76 Å². The molecule has 6 rings (SSSR count). The second kappa shape index (κ2) is 6.24. The van der Waals surface area contributed by atoms with E-state index < -0.39 is 5.79 Å². The molecule has 160 valence electrons. The Hall–Kier alpha value is -1.05. The molecule has 0 aliphatic carbocycles. The van der Waals surface area contributed by atoms with Crippen LogP contribution in [0.1, 0.15) is 52.9 Å². The number of rotatable bonds is 4. The molecule has 29 heavy (non-hydrogen) atoms. The highest BCUT2D eigenvalue weighted by Crippen LogP contribution is 2.73. The third-order valence-corrected chi connectivity index (χ3v) is 8.53. The summed E-state index contributed by atoms with van der Waals surface area (Å²) >= 11 is 0. The molecule has 0 radical (unpaired) electrons. The minimum Gasteiger partial charge on any atom is -0.492 e. The fraction of sp³-hybridized carbons (Fsp3) is 0.773. The van der Waals surface area contributed by atoms with Crippen LogP contribution in [0, 0.1) is 17.8 Å². The molecule has 6 heterocycles. The van der Waals surface area contributed by atoms with Crippen molar-refractivity contribution < 1.29 is 23.7 Å². The van der Waals surface area contributed by atoms with Crippen LogP contribution in [0.2, 0.25) is 0 Å². The van der Waals surface area contributed by atoms with Crippen LogP contribution < -0.4 is 0 Å². The molecule has 7 heteroatoms. The zero-order valence-electron chi connectivity index (χ0n) is 17.5. The van der Waals surface area contributed by atoms with Gasteiger partial charge < -0.3 is 18.9 Å². The van der Waals surface area contributed by atoms with Gasteiger partial charge in [-0.25, -0.2) is 4.79 Å². The average molecular weight is 468 g/mol. The van der Waals surface area contributed by atoms with E-state index >= 15 is 0 Å². The van der Waals surface area contributed by atoms with E-state index in [1.807, 2.05) is 0 Å². The van der Waals surface area contributed by atoms with E-state index in [1.165, 1.54) is 19.3 Å². The predicted octanol–water partition coefficient (Wildman–Crippen LogP) is 3.67. The summed E-state index contributed by atoms with van der Waals surface area (Å²) < 4.78 is 24.7. The summed E-state index contributed by atoms with van der Waals surface area (Å²) in [5.41, 5.74) is 0.659. The van der Waals surface area contributed by atoms with Gasteiger partial charge in [-0.3, -0.25) is 4.90 Å². The van der Waals surface area contributed by atoms with Crippen molar-refractivity contribution in [2.75, 3.05) is 13.7 Å². The standard InChI is InChI=1S/C22H29NO5.BrH/c1-5-6-8-21-14-7-9-23(21)13-10-15(21)27-22(14)16(13)11(2)18(28-22)19-17(25-4)12(3)20(24)26-19;/h11,13-16H,5-10H2,1-4H3;1H/b19-18+;/t11-,13-,14+,15-,16+,21+,22-;/m0./s1. The number of halogens is 1. The lowest BCUT2D eigenvalue weighted by Gasteiger charge is -2.48. The van der Waals surface area contributed by atoms with Crippen molar-refractivity contribution in [3.63, 3.8) is 0 Å². The van der Waals surface area contributed by atoms with Crippen molar-refractivity contribution >= 4 is 23.0 Å². The molecule has 0 aromatic carbocycles. The van der Waals surface area contributed by atoms with Crippen LogP contribution in [-0.2, 0) is 23.7 Å². The van der Waals surface area contributed by atoms with E-state index in [2.05, 4.69) is 18.7 Å². The highest BCUT2D eigenvalue weighted by Gasteiger charge is 2.84. The molecule has 0 amide bonds. The molecule has 5 fully saturated rings. The first-order valence-corrected chi connectivity index (χ1v) is 10.8. The van der Waals surface area contributed by atoms with E-state index in [4.69, 9.17) is 18.9 Å². The third-order valence-electron chi connectivity index (χ3n) is 8.53. The van der Waals surface area contributed by atoms with Crippen molar-refractivity contribution in [1.82, 2.24) is 4.90 Å². The summed E-state index contributed by atoms with van der Waals surface area (Å²) in [7, 11) is 1.58. The molecule has 6 nitrogen and oxygen atoms in total. The van der Waals surface area contributed by atoms with Gasteiger partial charge in [-0.2, -0.15) is 0 Å². The lowest BCUT2D eigenvalue weighted by atomic mass is 9.69. The molecular weight excluding hydrogens is 438 g/mol. The van der Waals surface area contributed by atoms with Crippen molar-refractivity contribution in [1.29, 1.82) is 0 Å². The molecule has 1 unspecified atom stereocenters. The van der Waals surface area contributed by atoms with Crippen LogP contribution in [0.25, 0.3) is 0 Å². The van der Waals surface area contributed by atoms with Gasteiger partial charge in [0.05, 0.1) is 30.2 Å². The molecule has 0 aromatic rings. The normalized spacial score (nSPS) is 50.7. The van der Waals surface area contributed by atoms with Crippen LogP contribution >= 0.6 is 17.0 Å². The maximum atomic E-state index is 12.2. The molecule has 0 saturated carbocycles. The summed E-state index contributed by atoms with van der Waals surface area (Å²) in [6.07, 6.45) is 6.15. The molecule has 0 aromatic heterocycles. The molecule has 5 saturated heterocycles. The summed E-state index contributed by atoms with van der Waals surface area (Å²) in [6, 6.07) is 0.496. The van der Waals surface area contributed by atoms with Gasteiger partial charge in [-0.1, -0.05) is 26.7 Å². The highest BCUT2D eigenvalue weighted by molar-refractivity contribution is 8.93. The number of carbonyl (C=O) groups is 1. The van der Waals surface area contributed by atoms with Gasteiger partial charge in [-0.05, 0) is 32.7 Å². The number of ether oxygens (including phenoxy) is 4. The molecular formula is C22H30BrNO5. The third kappa shape index (κ3) is 2.03. The van der Waals surface area contributed by atoms with E-state index in [9.17, 15) is 4.79 Å². The van der Waals surface area contributed by atoms with Crippen LogP contribution in [0.5, 0.6) is 0 Å². The summed E-state index contributed by atoms with van der Waals surface area (Å²) in [6.45, 7) is 7.37. The Balaban J connectivity index is 0.00000181. The molecule has 0 N–H and O–H groups in total. The van der Waals surface area contributed by atoms with Crippen molar-refractivity contribution in [2.45, 2.75) is 76.3 Å². The monoisotopic (exact) mass is 467 g/mol. The first kappa shape index (κ1) is 19.9. The lowest BCUT2D eigenvalue weighted by molar-refractivity contribution is -0.256. The Morgan fingerprint density at radius 3 is 2.86 bits per heavy atom. The number of hydrogen-bond acceptors (Lipinski definition) is 6. The molecule has 6 aliphatic heterocycles. The number of methoxy groups -OCH3 is 1. The minimum atomic E-state index is -0.558. The van der Waals surface area contributed by atoms with Crippen LogP contribution in [0.3, 0.4) is 0 Å². The number of esters is 1. The van der Waals surface area contributed by atoms with Gasteiger partial charge in [0.25, 0.3) is 0 Å². The number of fused-ring (bicyclic) bond motifs is 1. The number of allylic oxidation sites excluding steroid dienone is 1. The smallest absolute Gasteiger partial charge is 0.343 e.